The van der Waals surface area contributed by atoms with Crippen LogP contribution in [0.4, 0.5) is 5.82 Å². The fourth-order valence-corrected chi connectivity index (χ4v) is 4.27. The van der Waals surface area contributed by atoms with Gasteiger partial charge in [-0.05, 0) is 44.7 Å². The highest BCUT2D eigenvalue weighted by atomic mass is 16.5. The fraction of sp³-hybridized carbons (Fsp3) is 0.520. The van der Waals surface area contributed by atoms with Gasteiger partial charge in [-0.15, -0.1) is 0 Å². The molecule has 10 nitrogen and oxygen atoms in total. The molecule has 0 aromatic carbocycles. The van der Waals surface area contributed by atoms with Crippen LogP contribution in [0.2, 0.25) is 0 Å². The van der Waals surface area contributed by atoms with Gasteiger partial charge in [0.2, 0.25) is 0 Å². The van der Waals surface area contributed by atoms with Crippen molar-refractivity contribution in [1.82, 2.24) is 19.5 Å². The molecule has 186 valence electrons. The van der Waals surface area contributed by atoms with E-state index >= 15 is 0 Å². The Morgan fingerprint density at radius 2 is 1.97 bits per heavy atom. The van der Waals surface area contributed by atoms with Crippen LogP contribution in [0.15, 0.2) is 30.7 Å². The summed E-state index contributed by atoms with van der Waals surface area (Å²) >= 11 is 0. The van der Waals surface area contributed by atoms with E-state index in [0.717, 1.165) is 25.7 Å². The maximum Gasteiger partial charge on any atom is 0.173 e. The molecule has 1 fully saturated rings. The van der Waals surface area contributed by atoms with Crippen molar-refractivity contribution in [3.63, 3.8) is 0 Å². The number of hydrogen-bond donors (Lipinski definition) is 1. The van der Waals surface area contributed by atoms with E-state index in [2.05, 4.69) is 20.9 Å². The number of aromatic nitrogens is 4. The third-order valence-electron chi connectivity index (χ3n) is 6.42. The number of methoxy groups -OCH3 is 1. The molecule has 0 amide bonds. The molecule has 0 bridgehead atoms. The van der Waals surface area contributed by atoms with Gasteiger partial charge in [0.15, 0.2) is 17.2 Å². The lowest BCUT2D eigenvalue weighted by Gasteiger charge is -2.38. The molecule has 4 rings (SSSR count). The number of ether oxygens (including phenoxy) is 3. The summed E-state index contributed by atoms with van der Waals surface area (Å²) < 4.78 is 18.5. The Labute approximate surface area is 205 Å². The molecule has 3 heterocycles. The summed E-state index contributed by atoms with van der Waals surface area (Å²) in [7, 11) is 3.65. The minimum Gasteiger partial charge on any atom is -0.487 e. The zero-order valence-corrected chi connectivity index (χ0v) is 20.5. The Balaban J connectivity index is 1.63. The fourth-order valence-electron chi connectivity index (χ4n) is 4.27. The molecular formula is C25H32N6O4. The van der Waals surface area contributed by atoms with Gasteiger partial charge < -0.3 is 24.2 Å². The number of imidazole rings is 1. The van der Waals surface area contributed by atoms with E-state index in [9.17, 15) is 5.11 Å². The van der Waals surface area contributed by atoms with Crippen LogP contribution in [-0.2, 0) is 9.47 Å². The predicted molar refractivity (Wildman–Crippen MR) is 131 cm³/mol. The van der Waals surface area contributed by atoms with Gasteiger partial charge in [0.25, 0.3) is 0 Å². The van der Waals surface area contributed by atoms with Crippen LogP contribution in [-0.4, -0.2) is 76.9 Å². The van der Waals surface area contributed by atoms with E-state index in [0.29, 0.717) is 60.5 Å². The lowest BCUT2D eigenvalue weighted by molar-refractivity contribution is 0.0174. The van der Waals surface area contributed by atoms with Crippen LogP contribution >= 0.6 is 0 Å². The Morgan fingerprint density at radius 3 is 2.66 bits per heavy atom. The zero-order valence-electron chi connectivity index (χ0n) is 20.5. The van der Waals surface area contributed by atoms with Crippen molar-refractivity contribution in [3.8, 4) is 17.6 Å². The lowest BCUT2D eigenvalue weighted by atomic mass is 9.83. The summed E-state index contributed by atoms with van der Waals surface area (Å²) in [5.74, 6) is 1.96. The van der Waals surface area contributed by atoms with Gasteiger partial charge in [-0.25, -0.2) is 15.0 Å². The summed E-state index contributed by atoms with van der Waals surface area (Å²) in [4.78, 5) is 16.0. The van der Waals surface area contributed by atoms with E-state index < -0.39 is 5.60 Å². The van der Waals surface area contributed by atoms with E-state index in [1.165, 1.54) is 6.20 Å². The van der Waals surface area contributed by atoms with Crippen molar-refractivity contribution in [2.24, 2.45) is 0 Å². The Bertz CT molecular complexity index is 1160. The quantitative estimate of drug-likeness (QED) is 0.437. The van der Waals surface area contributed by atoms with Gasteiger partial charge in [-0.1, -0.05) is 0 Å². The van der Waals surface area contributed by atoms with Gasteiger partial charge in [0, 0.05) is 32.5 Å². The summed E-state index contributed by atoms with van der Waals surface area (Å²) in [6.45, 7) is 3.74. The molecule has 1 aliphatic carbocycles. The molecule has 0 saturated heterocycles. The molecule has 0 atom stereocenters. The highest BCUT2D eigenvalue weighted by molar-refractivity contribution is 5.78. The number of rotatable bonds is 10. The van der Waals surface area contributed by atoms with Crippen LogP contribution in [0.5, 0.6) is 5.75 Å². The van der Waals surface area contributed by atoms with Crippen molar-refractivity contribution in [2.45, 2.75) is 44.2 Å². The summed E-state index contributed by atoms with van der Waals surface area (Å²) in [5.41, 5.74) is 1.20. The predicted octanol–water partition coefficient (Wildman–Crippen LogP) is 2.86. The second-order valence-electron chi connectivity index (χ2n) is 9.08. The highest BCUT2D eigenvalue weighted by Crippen LogP contribution is 2.36. The molecule has 0 unspecified atom stereocenters. The first-order valence-corrected chi connectivity index (χ1v) is 11.8. The number of pyridine rings is 2. The molecule has 0 spiro atoms. The first-order valence-electron chi connectivity index (χ1n) is 11.8. The van der Waals surface area contributed by atoms with Gasteiger partial charge in [-0.2, -0.15) is 5.26 Å². The Hall–Kier alpha value is -3.26. The van der Waals surface area contributed by atoms with Crippen LogP contribution < -0.4 is 9.64 Å². The lowest BCUT2D eigenvalue weighted by Crippen LogP contribution is -2.41. The number of anilines is 1. The molecule has 0 aliphatic heterocycles. The van der Waals surface area contributed by atoms with Gasteiger partial charge in [0.05, 0.1) is 31.0 Å². The average molecular weight is 481 g/mol. The maximum absolute atomic E-state index is 10.4. The third-order valence-corrected chi connectivity index (χ3v) is 6.42. The van der Waals surface area contributed by atoms with Crippen molar-refractivity contribution in [2.75, 3.05) is 45.5 Å². The number of nitrogens with zero attached hydrogens (tertiary/aromatic N) is 6. The average Bonchev–Trinajstić information content (AvgIpc) is 3.28. The Kier molecular flexibility index (Phi) is 7.80. The standard InChI is InChI=1S/C25H32N6O4/c1-25(32)8-6-19(7-9-25)30(2)24-21(35-13-12-34-11-10-33-3)14-20-23(29-24)31(17-28-20)22-5-4-18(15-26)16-27-22/h4-5,14,16-17,19,32H,6-13H2,1-3H3/t19-,25+. The monoisotopic (exact) mass is 480 g/mol. The number of aliphatic hydroxyl groups is 1. The minimum atomic E-state index is -0.618. The van der Waals surface area contributed by atoms with E-state index in [1.54, 1.807) is 30.1 Å². The first kappa shape index (κ1) is 24.9. The first-order chi connectivity index (χ1) is 16.9. The van der Waals surface area contributed by atoms with E-state index in [4.69, 9.17) is 24.5 Å². The van der Waals surface area contributed by atoms with Crippen molar-refractivity contribution >= 4 is 17.0 Å². The second-order valence-corrected chi connectivity index (χ2v) is 9.08. The van der Waals surface area contributed by atoms with Crippen LogP contribution in [0, 0.1) is 11.3 Å². The molecule has 1 aliphatic rings. The van der Waals surface area contributed by atoms with Crippen molar-refractivity contribution in [3.05, 3.63) is 36.3 Å². The van der Waals surface area contributed by atoms with Crippen molar-refractivity contribution in [1.29, 1.82) is 5.26 Å². The van der Waals surface area contributed by atoms with Crippen LogP contribution in [0.3, 0.4) is 0 Å². The molecule has 3 aromatic rings. The van der Waals surface area contributed by atoms with Crippen LogP contribution in [0.25, 0.3) is 17.0 Å². The molecule has 0 radical (unpaired) electrons. The third kappa shape index (κ3) is 5.88. The number of hydrogen-bond acceptors (Lipinski definition) is 9. The Morgan fingerprint density at radius 1 is 1.20 bits per heavy atom. The van der Waals surface area contributed by atoms with E-state index in [-0.39, 0.29) is 6.04 Å². The minimum absolute atomic E-state index is 0.227. The molecular weight excluding hydrogens is 448 g/mol. The van der Waals surface area contributed by atoms with Gasteiger partial charge in [-0.3, -0.25) is 4.57 Å². The summed E-state index contributed by atoms with van der Waals surface area (Å²) in [6, 6.07) is 7.69. The van der Waals surface area contributed by atoms with Crippen LogP contribution in [0.1, 0.15) is 38.2 Å². The number of nitriles is 1. The van der Waals surface area contributed by atoms with Gasteiger partial charge in [0.1, 0.15) is 30.3 Å². The van der Waals surface area contributed by atoms with E-state index in [1.807, 2.05) is 20.0 Å². The largest absolute Gasteiger partial charge is 0.487 e. The summed E-state index contributed by atoms with van der Waals surface area (Å²) in [6.07, 6.45) is 6.40. The smallest absolute Gasteiger partial charge is 0.173 e. The second kappa shape index (κ2) is 11.0. The molecule has 10 heteroatoms. The highest BCUT2D eigenvalue weighted by Gasteiger charge is 2.32. The molecule has 1 saturated carbocycles. The normalized spacial score (nSPS) is 20.0. The maximum atomic E-state index is 10.4. The molecule has 35 heavy (non-hydrogen) atoms. The topological polar surface area (TPSA) is 119 Å². The molecule has 1 N–H and O–H groups in total. The number of fused-ring (bicyclic) bond motifs is 1. The van der Waals surface area contributed by atoms with Gasteiger partial charge >= 0.3 is 0 Å². The molecule has 3 aromatic heterocycles. The summed E-state index contributed by atoms with van der Waals surface area (Å²) in [5, 5.41) is 19.5. The SMILES string of the molecule is COCCOCCOc1cc2ncn(-c3ccc(C#N)cn3)c2nc1N(C)[C@H]1CC[C@@](C)(O)CC1. The zero-order chi connectivity index (χ0) is 24.8. The van der Waals surface area contributed by atoms with Crippen molar-refractivity contribution < 1.29 is 19.3 Å².